The molecule has 0 saturated carbocycles. The first-order valence-electron chi connectivity index (χ1n) is 9.52. The summed E-state index contributed by atoms with van der Waals surface area (Å²) in [6.45, 7) is 2.02. The fraction of sp³-hybridized carbons (Fsp3) is 0.190. The van der Waals surface area contributed by atoms with Crippen LogP contribution in [0.4, 0.5) is 5.69 Å². The fourth-order valence-corrected chi connectivity index (χ4v) is 4.60. The van der Waals surface area contributed by atoms with Crippen LogP contribution in [0.15, 0.2) is 41.3 Å². The van der Waals surface area contributed by atoms with E-state index < -0.39 is 10.8 Å². The Morgan fingerprint density at radius 2 is 2.09 bits per heavy atom. The van der Waals surface area contributed by atoms with Crippen LogP contribution in [-0.2, 0) is 4.79 Å². The van der Waals surface area contributed by atoms with Gasteiger partial charge in [-0.15, -0.1) is 0 Å². The van der Waals surface area contributed by atoms with Gasteiger partial charge in [0.05, 0.1) is 9.83 Å². The van der Waals surface area contributed by atoms with E-state index in [-0.39, 0.29) is 42.6 Å². The van der Waals surface area contributed by atoms with E-state index in [1.165, 1.54) is 41.8 Å². The molecule has 2 amide bonds. The number of benzene rings is 2. The molecule has 4 rings (SSSR count). The Labute approximate surface area is 192 Å². The molecule has 0 aromatic heterocycles. The van der Waals surface area contributed by atoms with E-state index in [0.29, 0.717) is 20.7 Å². The largest absolute Gasteiger partial charge is 0.454 e. The molecule has 32 heavy (non-hydrogen) atoms. The summed E-state index contributed by atoms with van der Waals surface area (Å²) in [6.07, 6.45) is 1.73. The minimum absolute atomic E-state index is 0.122. The lowest BCUT2D eigenvalue weighted by molar-refractivity contribution is -0.385. The molecular formula is C21H17N3O6S2. The molecule has 11 heteroatoms. The number of nitro benzene ring substituents is 1. The van der Waals surface area contributed by atoms with Crippen molar-refractivity contribution in [2.45, 2.75) is 6.92 Å². The van der Waals surface area contributed by atoms with Gasteiger partial charge in [0.25, 0.3) is 17.5 Å². The zero-order chi connectivity index (χ0) is 22.8. The van der Waals surface area contributed by atoms with E-state index in [1.807, 2.05) is 6.07 Å². The summed E-state index contributed by atoms with van der Waals surface area (Å²) in [5.41, 5.74) is 1.16. The highest BCUT2D eigenvalue weighted by molar-refractivity contribution is 8.26. The summed E-state index contributed by atoms with van der Waals surface area (Å²) in [4.78, 5) is 37.7. The van der Waals surface area contributed by atoms with E-state index in [2.05, 4.69) is 5.32 Å². The summed E-state index contributed by atoms with van der Waals surface area (Å²) in [7, 11) is 0. The maximum absolute atomic E-state index is 12.8. The zero-order valence-corrected chi connectivity index (χ0v) is 18.5. The van der Waals surface area contributed by atoms with Gasteiger partial charge in [-0.1, -0.05) is 36.1 Å². The van der Waals surface area contributed by atoms with Crippen LogP contribution in [-0.4, -0.2) is 45.8 Å². The molecule has 0 bridgehead atoms. The average molecular weight is 472 g/mol. The maximum atomic E-state index is 12.8. The molecule has 2 aromatic rings. The molecule has 1 saturated heterocycles. The fourth-order valence-electron chi connectivity index (χ4n) is 3.29. The number of carbonyl (C=O) groups excluding carboxylic acids is 2. The second-order valence-corrected chi connectivity index (χ2v) is 8.58. The van der Waals surface area contributed by atoms with Crippen LogP contribution in [0, 0.1) is 17.0 Å². The number of rotatable bonds is 6. The van der Waals surface area contributed by atoms with Crippen LogP contribution in [0.2, 0.25) is 0 Å². The molecule has 1 N–H and O–H groups in total. The summed E-state index contributed by atoms with van der Waals surface area (Å²) >= 11 is 6.51. The van der Waals surface area contributed by atoms with Gasteiger partial charge in [0, 0.05) is 30.3 Å². The van der Waals surface area contributed by atoms with Gasteiger partial charge < -0.3 is 14.8 Å². The molecule has 1 fully saturated rings. The summed E-state index contributed by atoms with van der Waals surface area (Å²) in [6, 6.07) is 9.71. The number of carbonyl (C=O) groups is 2. The molecule has 0 atom stereocenters. The number of ether oxygens (including phenoxy) is 2. The molecule has 164 valence electrons. The highest BCUT2D eigenvalue weighted by atomic mass is 32.2. The van der Waals surface area contributed by atoms with Crippen molar-refractivity contribution in [3.8, 4) is 11.5 Å². The predicted molar refractivity (Wildman–Crippen MR) is 123 cm³/mol. The number of thioether (sulfide) groups is 1. The number of nitrogens with one attached hydrogen (secondary N) is 1. The van der Waals surface area contributed by atoms with Gasteiger partial charge in [-0.25, -0.2) is 0 Å². The number of thiocarbonyl (C=S) groups is 1. The van der Waals surface area contributed by atoms with Crippen molar-refractivity contribution in [1.82, 2.24) is 10.2 Å². The second-order valence-electron chi connectivity index (χ2n) is 6.91. The smallest absolute Gasteiger partial charge is 0.273 e. The molecule has 0 aliphatic carbocycles. The molecule has 0 spiro atoms. The minimum Gasteiger partial charge on any atom is -0.454 e. The van der Waals surface area contributed by atoms with Crippen LogP contribution >= 0.6 is 24.0 Å². The van der Waals surface area contributed by atoms with Crippen molar-refractivity contribution in [1.29, 1.82) is 0 Å². The molecule has 9 nitrogen and oxygen atoms in total. The number of nitrogens with zero attached hydrogens (tertiary/aromatic N) is 2. The van der Waals surface area contributed by atoms with E-state index in [1.54, 1.807) is 18.2 Å². The molecule has 2 aliphatic rings. The number of fused-ring (bicyclic) bond motifs is 1. The Balaban J connectivity index is 1.39. The topological polar surface area (TPSA) is 111 Å². The molecule has 0 radical (unpaired) electrons. The summed E-state index contributed by atoms with van der Waals surface area (Å²) in [5, 5.41) is 13.8. The van der Waals surface area contributed by atoms with E-state index in [9.17, 15) is 19.7 Å². The number of hydrogen-bond donors (Lipinski definition) is 1. The molecule has 0 unspecified atom stereocenters. The van der Waals surface area contributed by atoms with Crippen LogP contribution in [0.25, 0.3) is 6.08 Å². The van der Waals surface area contributed by atoms with Gasteiger partial charge in [0.2, 0.25) is 6.79 Å². The van der Waals surface area contributed by atoms with Crippen molar-refractivity contribution in [2.24, 2.45) is 0 Å². The standard InChI is InChI=1S/C21H17N3O6S2/c1-12-14(3-2-4-15(12)24(27)28)19(25)22-7-8-23-20(26)18(32-21(23)31)10-13-5-6-16-17(9-13)30-11-29-16/h2-6,9-10H,7-8,11H2,1H3,(H,22,25)/b18-10+. The first-order valence-corrected chi connectivity index (χ1v) is 10.7. The van der Waals surface area contributed by atoms with Crippen LogP contribution in [0.3, 0.4) is 0 Å². The lowest BCUT2D eigenvalue weighted by Gasteiger charge is -2.15. The van der Waals surface area contributed by atoms with Crippen LogP contribution in [0.1, 0.15) is 21.5 Å². The molecule has 2 heterocycles. The highest BCUT2D eigenvalue weighted by Crippen LogP contribution is 2.36. The third-order valence-corrected chi connectivity index (χ3v) is 6.31. The maximum Gasteiger partial charge on any atom is 0.273 e. The summed E-state index contributed by atoms with van der Waals surface area (Å²) in [5.74, 6) is 0.573. The van der Waals surface area contributed by atoms with E-state index in [4.69, 9.17) is 21.7 Å². The summed E-state index contributed by atoms with van der Waals surface area (Å²) < 4.78 is 11.0. The quantitative estimate of drug-likeness (QED) is 0.296. The lowest BCUT2D eigenvalue weighted by atomic mass is 10.1. The first-order chi connectivity index (χ1) is 15.3. The monoisotopic (exact) mass is 471 g/mol. The first kappa shape index (κ1) is 21.8. The third-order valence-electron chi connectivity index (χ3n) is 4.94. The number of amides is 2. The van der Waals surface area contributed by atoms with Crippen molar-refractivity contribution < 1.29 is 24.0 Å². The van der Waals surface area contributed by atoms with E-state index >= 15 is 0 Å². The van der Waals surface area contributed by atoms with Gasteiger partial charge in [0.1, 0.15) is 4.32 Å². The van der Waals surface area contributed by atoms with Gasteiger partial charge in [-0.2, -0.15) is 0 Å². The normalized spacial score (nSPS) is 16.0. The highest BCUT2D eigenvalue weighted by Gasteiger charge is 2.32. The minimum atomic E-state index is -0.529. The lowest BCUT2D eigenvalue weighted by Crippen LogP contribution is -2.37. The average Bonchev–Trinajstić information content (AvgIpc) is 3.33. The van der Waals surface area contributed by atoms with Crippen molar-refractivity contribution in [3.63, 3.8) is 0 Å². The van der Waals surface area contributed by atoms with Gasteiger partial charge >= 0.3 is 0 Å². The van der Waals surface area contributed by atoms with Gasteiger partial charge in [-0.05, 0) is 36.8 Å². The molecule has 2 aromatic carbocycles. The third kappa shape index (κ3) is 4.30. The Hall–Kier alpha value is -3.44. The SMILES string of the molecule is Cc1c(C(=O)NCCN2C(=O)/C(=C\c3ccc4c(c3)OCO4)SC2=S)cccc1[N+](=O)[O-]. The molecule has 2 aliphatic heterocycles. The number of nitro groups is 1. The van der Waals surface area contributed by atoms with Crippen molar-refractivity contribution in [3.05, 3.63) is 68.1 Å². The molecular weight excluding hydrogens is 454 g/mol. The van der Waals surface area contributed by atoms with Crippen molar-refractivity contribution in [2.75, 3.05) is 19.9 Å². The second kappa shape index (κ2) is 8.97. The van der Waals surface area contributed by atoms with Crippen molar-refractivity contribution >= 4 is 51.9 Å². The zero-order valence-electron chi connectivity index (χ0n) is 16.8. The Bertz CT molecular complexity index is 1180. The number of hydrogen-bond acceptors (Lipinski definition) is 8. The van der Waals surface area contributed by atoms with E-state index in [0.717, 1.165) is 5.56 Å². The Kier molecular flexibility index (Phi) is 6.10. The van der Waals surface area contributed by atoms with Gasteiger partial charge in [0.15, 0.2) is 11.5 Å². The Morgan fingerprint density at radius 1 is 1.31 bits per heavy atom. The predicted octanol–water partition coefficient (Wildman–Crippen LogP) is 3.26. The Morgan fingerprint density at radius 3 is 2.88 bits per heavy atom. The van der Waals surface area contributed by atoms with Crippen LogP contribution in [0.5, 0.6) is 11.5 Å². The van der Waals surface area contributed by atoms with Gasteiger partial charge in [-0.3, -0.25) is 24.6 Å². The van der Waals surface area contributed by atoms with Crippen LogP contribution < -0.4 is 14.8 Å².